The van der Waals surface area contributed by atoms with E-state index in [2.05, 4.69) is 34.4 Å². The summed E-state index contributed by atoms with van der Waals surface area (Å²) in [5, 5.41) is 6.56. The number of aromatic nitrogens is 1. The Labute approximate surface area is 117 Å². The Morgan fingerprint density at radius 3 is 2.89 bits per heavy atom. The molecule has 1 saturated heterocycles. The maximum absolute atomic E-state index is 5.39. The van der Waals surface area contributed by atoms with Gasteiger partial charge in [-0.05, 0) is 26.0 Å². The summed E-state index contributed by atoms with van der Waals surface area (Å²) in [5.41, 5.74) is 1.14. The van der Waals surface area contributed by atoms with Gasteiger partial charge in [-0.3, -0.25) is 4.90 Å². The van der Waals surface area contributed by atoms with Crippen molar-refractivity contribution in [3.8, 4) is 10.8 Å². The Kier molecular flexibility index (Phi) is 3.68. The highest BCUT2D eigenvalue weighted by Crippen LogP contribution is 2.25. The van der Waals surface area contributed by atoms with Crippen LogP contribution in [0.1, 0.15) is 19.5 Å². The Hall–Kier alpha value is -1.17. The van der Waals surface area contributed by atoms with E-state index < -0.39 is 0 Å². The van der Waals surface area contributed by atoms with Gasteiger partial charge in [-0.1, -0.05) is 0 Å². The summed E-state index contributed by atoms with van der Waals surface area (Å²) >= 11 is 1.65. The van der Waals surface area contributed by atoms with Crippen LogP contribution in [0.4, 0.5) is 0 Å². The fourth-order valence-corrected chi connectivity index (χ4v) is 3.34. The monoisotopic (exact) mass is 277 g/mol. The standard InChI is InChI=1S/C14H19N3OS/c1-10-6-15-7-11(2)17(10)8-12-9-19-14(16-12)13-4-3-5-18-13/h3-5,9-11,15H,6-8H2,1-2H3. The van der Waals surface area contributed by atoms with Gasteiger partial charge in [0.1, 0.15) is 0 Å². The van der Waals surface area contributed by atoms with Gasteiger partial charge in [-0.2, -0.15) is 0 Å². The molecule has 0 saturated carbocycles. The number of rotatable bonds is 3. The van der Waals surface area contributed by atoms with Crippen molar-refractivity contribution in [2.24, 2.45) is 0 Å². The zero-order valence-corrected chi connectivity index (χ0v) is 12.1. The minimum absolute atomic E-state index is 0.553. The summed E-state index contributed by atoms with van der Waals surface area (Å²) in [7, 11) is 0. The second-order valence-corrected chi connectivity index (χ2v) is 6.01. The van der Waals surface area contributed by atoms with Crippen LogP contribution >= 0.6 is 11.3 Å². The van der Waals surface area contributed by atoms with Crippen molar-refractivity contribution in [3.63, 3.8) is 0 Å². The number of thiazole rings is 1. The quantitative estimate of drug-likeness (QED) is 0.936. The molecule has 0 spiro atoms. The van der Waals surface area contributed by atoms with Gasteiger partial charge in [0.2, 0.25) is 0 Å². The third kappa shape index (κ3) is 2.73. The predicted molar refractivity (Wildman–Crippen MR) is 77.2 cm³/mol. The molecular formula is C14H19N3OS. The molecule has 0 bridgehead atoms. The van der Waals surface area contributed by atoms with E-state index in [4.69, 9.17) is 4.42 Å². The van der Waals surface area contributed by atoms with Gasteiger partial charge in [-0.25, -0.2) is 4.98 Å². The van der Waals surface area contributed by atoms with Crippen LogP contribution in [0, 0.1) is 0 Å². The topological polar surface area (TPSA) is 41.3 Å². The molecule has 1 fully saturated rings. The Morgan fingerprint density at radius 1 is 1.42 bits per heavy atom. The van der Waals surface area contributed by atoms with Crippen LogP contribution in [-0.2, 0) is 6.54 Å². The number of hydrogen-bond acceptors (Lipinski definition) is 5. The van der Waals surface area contributed by atoms with Crippen molar-refractivity contribution < 1.29 is 4.42 Å². The first-order valence-electron chi connectivity index (χ1n) is 6.69. The Bertz CT molecular complexity index is 513. The fraction of sp³-hybridized carbons (Fsp3) is 0.500. The highest BCUT2D eigenvalue weighted by Gasteiger charge is 2.25. The van der Waals surface area contributed by atoms with Crippen LogP contribution in [0.3, 0.4) is 0 Å². The largest absolute Gasteiger partial charge is 0.462 e. The zero-order chi connectivity index (χ0) is 13.2. The van der Waals surface area contributed by atoms with E-state index in [9.17, 15) is 0 Å². The van der Waals surface area contributed by atoms with Crippen LogP contribution in [-0.4, -0.2) is 35.1 Å². The lowest BCUT2D eigenvalue weighted by atomic mass is 10.1. The molecule has 1 aliphatic heterocycles. The minimum Gasteiger partial charge on any atom is -0.462 e. The van der Waals surface area contributed by atoms with Crippen LogP contribution in [0.2, 0.25) is 0 Å². The van der Waals surface area contributed by atoms with Gasteiger partial charge in [-0.15, -0.1) is 11.3 Å². The molecule has 5 heteroatoms. The predicted octanol–water partition coefficient (Wildman–Crippen LogP) is 2.59. The smallest absolute Gasteiger partial charge is 0.162 e. The number of furan rings is 1. The van der Waals surface area contributed by atoms with E-state index >= 15 is 0 Å². The van der Waals surface area contributed by atoms with Gasteiger partial charge < -0.3 is 9.73 Å². The van der Waals surface area contributed by atoms with Crippen LogP contribution in [0.25, 0.3) is 10.8 Å². The van der Waals surface area contributed by atoms with Gasteiger partial charge in [0.05, 0.1) is 12.0 Å². The SMILES string of the molecule is CC1CNCC(C)N1Cc1csc(-c2ccco2)n1. The first-order chi connectivity index (χ1) is 9.24. The maximum atomic E-state index is 5.39. The third-order valence-electron chi connectivity index (χ3n) is 3.64. The summed E-state index contributed by atoms with van der Waals surface area (Å²) < 4.78 is 5.39. The molecule has 1 aliphatic rings. The molecule has 3 rings (SSSR count). The first kappa shape index (κ1) is 12.8. The summed E-state index contributed by atoms with van der Waals surface area (Å²) in [4.78, 5) is 7.19. The molecule has 0 amide bonds. The third-order valence-corrected chi connectivity index (χ3v) is 4.55. The number of piperazine rings is 1. The molecule has 2 unspecified atom stereocenters. The molecule has 19 heavy (non-hydrogen) atoms. The lowest BCUT2D eigenvalue weighted by Gasteiger charge is -2.38. The molecule has 3 heterocycles. The first-order valence-corrected chi connectivity index (χ1v) is 7.57. The second-order valence-electron chi connectivity index (χ2n) is 5.15. The molecular weight excluding hydrogens is 258 g/mol. The van der Waals surface area contributed by atoms with Crippen molar-refractivity contribution in [2.75, 3.05) is 13.1 Å². The molecule has 0 radical (unpaired) electrons. The lowest BCUT2D eigenvalue weighted by molar-refractivity contribution is 0.107. The number of nitrogens with zero attached hydrogens (tertiary/aromatic N) is 2. The van der Waals surface area contributed by atoms with E-state index in [0.717, 1.165) is 36.1 Å². The Morgan fingerprint density at radius 2 is 2.21 bits per heavy atom. The highest BCUT2D eigenvalue weighted by molar-refractivity contribution is 7.13. The summed E-state index contributed by atoms with van der Waals surface area (Å²) in [5.74, 6) is 0.859. The normalized spacial score (nSPS) is 24.7. The number of nitrogens with one attached hydrogen (secondary N) is 1. The van der Waals surface area contributed by atoms with Gasteiger partial charge >= 0.3 is 0 Å². The summed E-state index contributed by atoms with van der Waals surface area (Å²) in [6.45, 7) is 7.56. The average Bonchev–Trinajstić information content (AvgIpc) is 3.04. The van der Waals surface area contributed by atoms with Crippen molar-refractivity contribution in [1.29, 1.82) is 0 Å². The van der Waals surface area contributed by atoms with E-state index in [1.165, 1.54) is 0 Å². The van der Waals surface area contributed by atoms with Gasteiger partial charge in [0.25, 0.3) is 0 Å². The van der Waals surface area contributed by atoms with Crippen molar-refractivity contribution >= 4 is 11.3 Å². The van der Waals surface area contributed by atoms with Crippen molar-refractivity contribution in [2.45, 2.75) is 32.5 Å². The lowest BCUT2D eigenvalue weighted by Crippen LogP contribution is -2.54. The van der Waals surface area contributed by atoms with E-state index in [-0.39, 0.29) is 0 Å². The molecule has 0 aliphatic carbocycles. The molecule has 1 N–H and O–H groups in total. The summed E-state index contributed by atoms with van der Waals surface area (Å²) in [6.07, 6.45) is 1.69. The molecule has 102 valence electrons. The van der Waals surface area contributed by atoms with Crippen LogP contribution in [0.15, 0.2) is 28.2 Å². The van der Waals surface area contributed by atoms with E-state index in [1.807, 2.05) is 12.1 Å². The Balaban J connectivity index is 1.73. The highest BCUT2D eigenvalue weighted by atomic mass is 32.1. The fourth-order valence-electron chi connectivity index (χ4n) is 2.56. The zero-order valence-electron chi connectivity index (χ0n) is 11.3. The molecule has 2 aromatic rings. The average molecular weight is 277 g/mol. The van der Waals surface area contributed by atoms with Crippen LogP contribution < -0.4 is 5.32 Å². The van der Waals surface area contributed by atoms with Gasteiger partial charge in [0.15, 0.2) is 10.8 Å². The van der Waals surface area contributed by atoms with Gasteiger partial charge in [0, 0.05) is 37.1 Å². The van der Waals surface area contributed by atoms with Crippen molar-refractivity contribution in [3.05, 3.63) is 29.5 Å². The van der Waals surface area contributed by atoms with E-state index in [1.54, 1.807) is 17.6 Å². The number of hydrogen-bond donors (Lipinski definition) is 1. The summed E-state index contributed by atoms with van der Waals surface area (Å²) in [6, 6.07) is 4.96. The molecule has 2 aromatic heterocycles. The van der Waals surface area contributed by atoms with Crippen LogP contribution in [0.5, 0.6) is 0 Å². The maximum Gasteiger partial charge on any atom is 0.162 e. The van der Waals surface area contributed by atoms with Crippen molar-refractivity contribution in [1.82, 2.24) is 15.2 Å². The molecule has 4 nitrogen and oxygen atoms in total. The van der Waals surface area contributed by atoms with E-state index in [0.29, 0.717) is 12.1 Å². The second kappa shape index (κ2) is 5.45. The molecule has 2 atom stereocenters. The molecule has 0 aromatic carbocycles. The minimum atomic E-state index is 0.553.